The van der Waals surface area contributed by atoms with Crippen LogP contribution in [0.3, 0.4) is 0 Å². The predicted molar refractivity (Wildman–Crippen MR) is 67.1 cm³/mol. The van der Waals surface area contributed by atoms with Gasteiger partial charge in [-0.2, -0.15) is 0 Å². The third-order valence-electron chi connectivity index (χ3n) is 2.31. The van der Waals surface area contributed by atoms with Crippen LogP contribution in [0.5, 0.6) is 0 Å². The SMILES string of the molecule is CC(C)C(C)Nc1ccc(Br)cc1Cl. The molecule has 1 aromatic carbocycles. The summed E-state index contributed by atoms with van der Waals surface area (Å²) in [5, 5.41) is 4.14. The number of halogens is 2. The zero-order valence-electron chi connectivity index (χ0n) is 8.64. The van der Waals surface area contributed by atoms with E-state index in [1.165, 1.54) is 0 Å². The molecule has 14 heavy (non-hydrogen) atoms. The number of hydrogen-bond acceptors (Lipinski definition) is 1. The van der Waals surface area contributed by atoms with Crippen molar-refractivity contribution in [1.82, 2.24) is 0 Å². The van der Waals surface area contributed by atoms with Gasteiger partial charge in [0.05, 0.1) is 10.7 Å². The van der Waals surface area contributed by atoms with Crippen molar-refractivity contribution < 1.29 is 0 Å². The standard InChI is InChI=1S/C11H15BrClN/c1-7(2)8(3)14-11-5-4-9(12)6-10(11)13/h4-8,14H,1-3H3. The van der Waals surface area contributed by atoms with E-state index < -0.39 is 0 Å². The molecule has 0 aromatic heterocycles. The molecule has 0 bridgehead atoms. The van der Waals surface area contributed by atoms with Crippen LogP contribution >= 0.6 is 27.5 Å². The molecule has 1 atom stereocenters. The third-order valence-corrected chi connectivity index (χ3v) is 3.12. The van der Waals surface area contributed by atoms with Crippen LogP contribution in [0, 0.1) is 5.92 Å². The highest BCUT2D eigenvalue weighted by molar-refractivity contribution is 9.10. The molecule has 1 rings (SSSR count). The van der Waals surface area contributed by atoms with Crippen LogP contribution < -0.4 is 5.32 Å². The molecular weight excluding hydrogens is 261 g/mol. The molecule has 3 heteroatoms. The van der Waals surface area contributed by atoms with E-state index in [0.717, 1.165) is 15.2 Å². The second-order valence-electron chi connectivity index (χ2n) is 3.80. The lowest BCUT2D eigenvalue weighted by Crippen LogP contribution is -2.21. The summed E-state index contributed by atoms with van der Waals surface area (Å²) in [7, 11) is 0. The summed E-state index contributed by atoms with van der Waals surface area (Å²) in [6.45, 7) is 6.53. The maximum Gasteiger partial charge on any atom is 0.0648 e. The molecule has 0 radical (unpaired) electrons. The second kappa shape index (κ2) is 5.04. The smallest absolute Gasteiger partial charge is 0.0648 e. The van der Waals surface area contributed by atoms with Crippen molar-refractivity contribution in [2.75, 3.05) is 5.32 Å². The molecule has 0 saturated carbocycles. The highest BCUT2D eigenvalue weighted by Crippen LogP contribution is 2.26. The van der Waals surface area contributed by atoms with Crippen molar-refractivity contribution in [1.29, 1.82) is 0 Å². The van der Waals surface area contributed by atoms with E-state index in [1.54, 1.807) is 0 Å². The van der Waals surface area contributed by atoms with Crippen LogP contribution in [0.25, 0.3) is 0 Å². The zero-order chi connectivity index (χ0) is 10.7. The predicted octanol–water partition coefficient (Wildman–Crippen LogP) is 4.56. The molecule has 78 valence electrons. The van der Waals surface area contributed by atoms with Crippen molar-refractivity contribution in [2.45, 2.75) is 26.8 Å². The number of nitrogens with one attached hydrogen (secondary N) is 1. The molecule has 0 amide bonds. The summed E-state index contributed by atoms with van der Waals surface area (Å²) in [6, 6.07) is 6.30. The topological polar surface area (TPSA) is 12.0 Å². The fourth-order valence-corrected chi connectivity index (χ4v) is 1.75. The van der Waals surface area contributed by atoms with Crippen LogP contribution in [0.15, 0.2) is 22.7 Å². The summed E-state index contributed by atoms with van der Waals surface area (Å²) >= 11 is 9.46. The first-order valence-corrected chi connectivity index (χ1v) is 5.89. The highest BCUT2D eigenvalue weighted by Gasteiger charge is 2.08. The van der Waals surface area contributed by atoms with Gasteiger partial charge in [-0.15, -0.1) is 0 Å². The molecule has 0 spiro atoms. The molecule has 0 aliphatic carbocycles. The Morgan fingerprint density at radius 1 is 1.29 bits per heavy atom. The van der Waals surface area contributed by atoms with Crippen LogP contribution in [0.1, 0.15) is 20.8 Å². The van der Waals surface area contributed by atoms with Gasteiger partial charge in [-0.3, -0.25) is 0 Å². The Labute approximate surface area is 99.0 Å². The second-order valence-corrected chi connectivity index (χ2v) is 5.12. The summed E-state index contributed by atoms with van der Waals surface area (Å²) in [4.78, 5) is 0. The molecule has 1 unspecified atom stereocenters. The van der Waals surface area contributed by atoms with E-state index >= 15 is 0 Å². The van der Waals surface area contributed by atoms with Gasteiger partial charge < -0.3 is 5.32 Å². The summed E-state index contributed by atoms with van der Waals surface area (Å²) < 4.78 is 1.00. The van der Waals surface area contributed by atoms with Gasteiger partial charge in [0.25, 0.3) is 0 Å². The molecule has 1 N–H and O–H groups in total. The first-order chi connectivity index (χ1) is 6.50. The van der Waals surface area contributed by atoms with Gasteiger partial charge in [0.15, 0.2) is 0 Å². The van der Waals surface area contributed by atoms with Crippen LogP contribution in [-0.2, 0) is 0 Å². The van der Waals surface area contributed by atoms with Gasteiger partial charge in [0, 0.05) is 10.5 Å². The Morgan fingerprint density at radius 2 is 1.93 bits per heavy atom. The lowest BCUT2D eigenvalue weighted by atomic mass is 10.1. The molecule has 0 aliphatic rings. The minimum absolute atomic E-state index is 0.425. The van der Waals surface area contributed by atoms with E-state index in [-0.39, 0.29) is 0 Å². The van der Waals surface area contributed by atoms with Crippen LogP contribution in [0.2, 0.25) is 5.02 Å². The Balaban J connectivity index is 2.77. The van der Waals surface area contributed by atoms with Gasteiger partial charge in [0.1, 0.15) is 0 Å². The first-order valence-electron chi connectivity index (χ1n) is 4.72. The lowest BCUT2D eigenvalue weighted by molar-refractivity contribution is 0.560. The Hall–Kier alpha value is -0.210. The van der Waals surface area contributed by atoms with Crippen molar-refractivity contribution in [2.24, 2.45) is 5.92 Å². The quantitative estimate of drug-likeness (QED) is 0.853. The van der Waals surface area contributed by atoms with Crippen molar-refractivity contribution in [3.8, 4) is 0 Å². The Bertz CT molecular complexity index is 312. The monoisotopic (exact) mass is 275 g/mol. The van der Waals surface area contributed by atoms with Crippen molar-refractivity contribution in [3.63, 3.8) is 0 Å². The molecule has 0 saturated heterocycles. The van der Waals surface area contributed by atoms with Gasteiger partial charge >= 0.3 is 0 Å². The summed E-state index contributed by atoms with van der Waals surface area (Å²) in [5.74, 6) is 0.592. The fraction of sp³-hybridized carbons (Fsp3) is 0.455. The molecule has 0 heterocycles. The molecule has 0 aliphatic heterocycles. The lowest BCUT2D eigenvalue weighted by Gasteiger charge is -2.19. The van der Waals surface area contributed by atoms with Gasteiger partial charge in [-0.25, -0.2) is 0 Å². The maximum absolute atomic E-state index is 6.09. The summed E-state index contributed by atoms with van der Waals surface area (Å²) in [5.41, 5.74) is 0.996. The van der Waals surface area contributed by atoms with Crippen molar-refractivity contribution in [3.05, 3.63) is 27.7 Å². The minimum Gasteiger partial charge on any atom is -0.381 e. The number of rotatable bonds is 3. The Kier molecular flexibility index (Phi) is 4.27. The highest BCUT2D eigenvalue weighted by atomic mass is 79.9. The molecule has 0 fully saturated rings. The Morgan fingerprint density at radius 3 is 2.43 bits per heavy atom. The van der Waals surface area contributed by atoms with Gasteiger partial charge in [0.2, 0.25) is 0 Å². The minimum atomic E-state index is 0.425. The summed E-state index contributed by atoms with van der Waals surface area (Å²) in [6.07, 6.45) is 0. The maximum atomic E-state index is 6.09. The van der Waals surface area contributed by atoms with E-state index in [1.807, 2.05) is 18.2 Å². The number of benzene rings is 1. The van der Waals surface area contributed by atoms with E-state index in [0.29, 0.717) is 12.0 Å². The van der Waals surface area contributed by atoms with E-state index in [2.05, 4.69) is 42.0 Å². The van der Waals surface area contributed by atoms with Gasteiger partial charge in [-0.1, -0.05) is 41.4 Å². The van der Waals surface area contributed by atoms with Gasteiger partial charge in [-0.05, 0) is 31.0 Å². The van der Waals surface area contributed by atoms with Crippen LogP contribution in [-0.4, -0.2) is 6.04 Å². The van der Waals surface area contributed by atoms with Crippen LogP contribution in [0.4, 0.5) is 5.69 Å². The number of anilines is 1. The average Bonchev–Trinajstić information content (AvgIpc) is 2.09. The fourth-order valence-electron chi connectivity index (χ4n) is 1.02. The molecular formula is C11H15BrClN. The number of hydrogen-bond donors (Lipinski definition) is 1. The zero-order valence-corrected chi connectivity index (χ0v) is 11.0. The largest absolute Gasteiger partial charge is 0.381 e. The first kappa shape index (κ1) is 11.9. The molecule has 1 aromatic rings. The average molecular weight is 277 g/mol. The third kappa shape index (κ3) is 3.18. The molecule has 1 nitrogen and oxygen atoms in total. The van der Waals surface area contributed by atoms with E-state index in [9.17, 15) is 0 Å². The van der Waals surface area contributed by atoms with Crippen molar-refractivity contribution >= 4 is 33.2 Å². The van der Waals surface area contributed by atoms with E-state index in [4.69, 9.17) is 11.6 Å². The normalized spacial score (nSPS) is 13.0.